The van der Waals surface area contributed by atoms with Crippen LogP contribution in [0.15, 0.2) is 28.7 Å². The van der Waals surface area contributed by atoms with Gasteiger partial charge < -0.3 is 14.6 Å². The summed E-state index contributed by atoms with van der Waals surface area (Å²) in [7, 11) is 0. The normalized spacial score (nSPS) is 12.9. The van der Waals surface area contributed by atoms with Gasteiger partial charge in [-0.3, -0.25) is 0 Å². The number of aliphatic hydroxyl groups excluding tert-OH is 1. The average molecular weight is 227 g/mol. The van der Waals surface area contributed by atoms with E-state index in [0.29, 0.717) is 16.0 Å². The number of aliphatic carboxylic acids is 1. The Labute approximate surface area is 89.7 Å². The van der Waals surface area contributed by atoms with E-state index in [1.807, 2.05) is 0 Å². The molecule has 0 saturated carbocycles. The summed E-state index contributed by atoms with van der Waals surface area (Å²) < 4.78 is 5.16. The molecule has 2 rings (SSSR count). The Balaban J connectivity index is 2.51. The van der Waals surface area contributed by atoms with Gasteiger partial charge in [0.05, 0.1) is 0 Å². The molecule has 78 valence electrons. The molecule has 0 amide bonds. The van der Waals surface area contributed by atoms with E-state index in [4.69, 9.17) is 21.1 Å². The van der Waals surface area contributed by atoms with Gasteiger partial charge in [-0.2, -0.15) is 0 Å². The van der Waals surface area contributed by atoms with Crippen LogP contribution >= 0.6 is 11.6 Å². The van der Waals surface area contributed by atoms with Crippen molar-refractivity contribution in [3.05, 3.63) is 35.0 Å². The molecule has 15 heavy (non-hydrogen) atoms. The summed E-state index contributed by atoms with van der Waals surface area (Å²) in [6.45, 7) is 0. The third kappa shape index (κ3) is 1.82. The third-order valence-electron chi connectivity index (χ3n) is 2.00. The lowest BCUT2D eigenvalue weighted by molar-refractivity contribution is -0.147. The topological polar surface area (TPSA) is 70.7 Å². The maximum absolute atomic E-state index is 10.5. The van der Waals surface area contributed by atoms with Crippen molar-refractivity contribution in [3.8, 4) is 0 Å². The van der Waals surface area contributed by atoms with Crippen LogP contribution in [-0.2, 0) is 4.79 Å². The summed E-state index contributed by atoms with van der Waals surface area (Å²) in [6.07, 6.45) is -1.64. The van der Waals surface area contributed by atoms with Crippen molar-refractivity contribution in [2.24, 2.45) is 0 Å². The Bertz CT molecular complexity index is 517. The summed E-state index contributed by atoms with van der Waals surface area (Å²) in [5, 5.41) is 19.0. The Morgan fingerprint density at radius 1 is 1.40 bits per heavy atom. The number of hydrogen-bond acceptors (Lipinski definition) is 3. The molecule has 0 aliphatic carbocycles. The lowest BCUT2D eigenvalue weighted by Gasteiger charge is -1.98. The Hall–Kier alpha value is -1.52. The molecule has 0 aliphatic rings. The summed E-state index contributed by atoms with van der Waals surface area (Å²) >= 11 is 5.73. The summed E-state index contributed by atoms with van der Waals surface area (Å²) in [4.78, 5) is 10.5. The average Bonchev–Trinajstić information content (AvgIpc) is 2.58. The van der Waals surface area contributed by atoms with E-state index in [1.54, 1.807) is 18.2 Å². The van der Waals surface area contributed by atoms with Crippen LogP contribution in [0, 0.1) is 0 Å². The fourth-order valence-electron chi connectivity index (χ4n) is 1.28. The second-order valence-electron chi connectivity index (χ2n) is 3.07. The van der Waals surface area contributed by atoms with Gasteiger partial charge in [0, 0.05) is 16.5 Å². The zero-order valence-corrected chi connectivity index (χ0v) is 8.23. The lowest BCUT2D eigenvalue weighted by atomic mass is 10.2. The van der Waals surface area contributed by atoms with Crippen LogP contribution in [0.4, 0.5) is 0 Å². The summed E-state index contributed by atoms with van der Waals surface area (Å²) in [5.41, 5.74) is 0.456. The molecule has 0 fully saturated rings. The van der Waals surface area contributed by atoms with Crippen molar-refractivity contribution in [1.82, 2.24) is 0 Å². The highest BCUT2D eigenvalue weighted by molar-refractivity contribution is 6.31. The third-order valence-corrected chi connectivity index (χ3v) is 2.24. The molecule has 0 bridgehead atoms. The number of furan rings is 1. The molecule has 0 radical (unpaired) electrons. The lowest BCUT2D eigenvalue weighted by Crippen LogP contribution is -2.09. The number of carboxylic acid groups (broad SMARTS) is 1. The molecule has 0 saturated heterocycles. The molecule has 4 nitrogen and oxygen atoms in total. The van der Waals surface area contributed by atoms with Crippen LogP contribution in [0.3, 0.4) is 0 Å². The molecule has 1 aromatic carbocycles. The quantitative estimate of drug-likeness (QED) is 0.824. The highest BCUT2D eigenvalue weighted by Gasteiger charge is 2.20. The molecular weight excluding hydrogens is 220 g/mol. The predicted molar refractivity (Wildman–Crippen MR) is 53.8 cm³/mol. The van der Waals surface area contributed by atoms with Gasteiger partial charge in [-0.1, -0.05) is 11.6 Å². The maximum atomic E-state index is 10.5. The van der Waals surface area contributed by atoms with E-state index in [2.05, 4.69) is 0 Å². The Kier molecular flexibility index (Phi) is 2.38. The van der Waals surface area contributed by atoms with E-state index in [-0.39, 0.29) is 5.76 Å². The van der Waals surface area contributed by atoms with Crippen molar-refractivity contribution in [2.75, 3.05) is 0 Å². The first kappa shape index (κ1) is 10.0. The van der Waals surface area contributed by atoms with Crippen molar-refractivity contribution in [2.45, 2.75) is 6.10 Å². The minimum atomic E-state index is -1.64. The zero-order chi connectivity index (χ0) is 11.0. The van der Waals surface area contributed by atoms with Crippen molar-refractivity contribution in [1.29, 1.82) is 0 Å². The molecule has 0 spiro atoms. The Morgan fingerprint density at radius 2 is 2.13 bits per heavy atom. The van der Waals surface area contributed by atoms with Crippen LogP contribution in [0.5, 0.6) is 0 Å². The van der Waals surface area contributed by atoms with E-state index >= 15 is 0 Å². The van der Waals surface area contributed by atoms with Gasteiger partial charge in [0.1, 0.15) is 11.3 Å². The number of hydrogen-bond donors (Lipinski definition) is 2. The van der Waals surface area contributed by atoms with Crippen LogP contribution in [0.1, 0.15) is 11.9 Å². The standard InChI is InChI=1S/C10H7ClO4/c11-6-2-1-5-3-8(9(12)10(13)14)15-7(5)4-6/h1-4,9,12H,(H,13,14). The van der Waals surface area contributed by atoms with Crippen LogP contribution < -0.4 is 0 Å². The monoisotopic (exact) mass is 226 g/mol. The first-order valence-corrected chi connectivity index (χ1v) is 4.55. The summed E-state index contributed by atoms with van der Waals surface area (Å²) in [6, 6.07) is 6.40. The maximum Gasteiger partial charge on any atom is 0.340 e. The second-order valence-corrected chi connectivity index (χ2v) is 3.51. The van der Waals surface area contributed by atoms with E-state index < -0.39 is 12.1 Å². The van der Waals surface area contributed by atoms with E-state index in [1.165, 1.54) is 6.07 Å². The first-order chi connectivity index (χ1) is 7.08. The molecule has 2 aromatic rings. The fourth-order valence-corrected chi connectivity index (χ4v) is 1.44. The minimum Gasteiger partial charge on any atom is -0.479 e. The number of aliphatic hydroxyl groups is 1. The van der Waals surface area contributed by atoms with Crippen molar-refractivity contribution in [3.63, 3.8) is 0 Å². The van der Waals surface area contributed by atoms with Gasteiger partial charge in [0.15, 0.2) is 0 Å². The molecule has 1 heterocycles. The Morgan fingerprint density at radius 3 is 2.80 bits per heavy atom. The van der Waals surface area contributed by atoms with Gasteiger partial charge in [-0.05, 0) is 18.2 Å². The van der Waals surface area contributed by atoms with E-state index in [0.717, 1.165) is 0 Å². The first-order valence-electron chi connectivity index (χ1n) is 4.18. The zero-order valence-electron chi connectivity index (χ0n) is 7.48. The van der Waals surface area contributed by atoms with Gasteiger partial charge in [0.25, 0.3) is 0 Å². The number of carboxylic acids is 1. The predicted octanol–water partition coefficient (Wildman–Crippen LogP) is 2.20. The number of halogens is 1. The van der Waals surface area contributed by atoms with Gasteiger partial charge >= 0.3 is 5.97 Å². The van der Waals surface area contributed by atoms with Gasteiger partial charge in [-0.15, -0.1) is 0 Å². The molecule has 2 N–H and O–H groups in total. The molecule has 1 aromatic heterocycles. The van der Waals surface area contributed by atoms with Crippen LogP contribution in [-0.4, -0.2) is 16.2 Å². The molecule has 1 atom stereocenters. The van der Waals surface area contributed by atoms with Gasteiger partial charge in [-0.25, -0.2) is 4.79 Å². The fraction of sp³-hybridized carbons (Fsp3) is 0.100. The molecule has 5 heteroatoms. The number of benzene rings is 1. The van der Waals surface area contributed by atoms with E-state index in [9.17, 15) is 9.90 Å². The second kappa shape index (κ2) is 3.56. The van der Waals surface area contributed by atoms with Crippen molar-refractivity contribution >= 4 is 28.5 Å². The van der Waals surface area contributed by atoms with Crippen LogP contribution in [0.2, 0.25) is 5.02 Å². The number of carbonyl (C=O) groups is 1. The largest absolute Gasteiger partial charge is 0.479 e. The molecule has 1 unspecified atom stereocenters. The molecule has 0 aliphatic heterocycles. The number of fused-ring (bicyclic) bond motifs is 1. The van der Waals surface area contributed by atoms with Crippen LogP contribution in [0.25, 0.3) is 11.0 Å². The number of rotatable bonds is 2. The summed E-state index contributed by atoms with van der Waals surface area (Å²) in [5.74, 6) is -1.35. The minimum absolute atomic E-state index is 0.000216. The smallest absolute Gasteiger partial charge is 0.340 e. The molecular formula is C10H7ClO4. The van der Waals surface area contributed by atoms with Crippen molar-refractivity contribution < 1.29 is 19.4 Å². The SMILES string of the molecule is O=C(O)C(O)c1cc2ccc(Cl)cc2o1. The highest BCUT2D eigenvalue weighted by atomic mass is 35.5. The highest BCUT2D eigenvalue weighted by Crippen LogP contribution is 2.26. The van der Waals surface area contributed by atoms with Gasteiger partial charge in [0.2, 0.25) is 6.10 Å².